The molecule has 116 valence electrons. The lowest BCUT2D eigenvalue weighted by Gasteiger charge is -2.08. The maximum absolute atomic E-state index is 5.77. The van der Waals surface area contributed by atoms with Crippen LogP contribution in [0.1, 0.15) is 12.5 Å². The molecule has 1 heterocycles. The van der Waals surface area contributed by atoms with Crippen LogP contribution >= 0.6 is 0 Å². The number of hydrogen-bond donors (Lipinski definition) is 0. The Kier molecular flexibility index (Phi) is 4.89. The van der Waals surface area contributed by atoms with Gasteiger partial charge in [0.1, 0.15) is 18.1 Å². The SMILES string of the molecule is CCOc1ccc(-c2cncc(COc3ccccc3)c2)cc1. The Morgan fingerprint density at radius 3 is 2.26 bits per heavy atom. The Hall–Kier alpha value is -2.81. The summed E-state index contributed by atoms with van der Waals surface area (Å²) in [6.07, 6.45) is 3.70. The molecule has 3 aromatic rings. The third-order valence-electron chi connectivity index (χ3n) is 3.44. The van der Waals surface area contributed by atoms with Gasteiger partial charge in [-0.2, -0.15) is 0 Å². The fraction of sp³-hybridized carbons (Fsp3) is 0.150. The molecular weight excluding hydrogens is 286 g/mol. The van der Waals surface area contributed by atoms with Crippen LogP contribution in [0.4, 0.5) is 0 Å². The molecule has 0 bridgehead atoms. The van der Waals surface area contributed by atoms with Gasteiger partial charge in [-0.05, 0) is 42.8 Å². The van der Waals surface area contributed by atoms with Crippen molar-refractivity contribution in [2.45, 2.75) is 13.5 Å². The zero-order valence-corrected chi connectivity index (χ0v) is 13.1. The third-order valence-corrected chi connectivity index (χ3v) is 3.44. The van der Waals surface area contributed by atoms with Gasteiger partial charge in [0.2, 0.25) is 0 Å². The predicted octanol–water partition coefficient (Wildman–Crippen LogP) is 4.73. The molecule has 0 saturated carbocycles. The molecule has 0 fully saturated rings. The number of hydrogen-bond acceptors (Lipinski definition) is 3. The lowest BCUT2D eigenvalue weighted by Crippen LogP contribution is -1.96. The first-order valence-corrected chi connectivity index (χ1v) is 7.70. The Bertz CT molecular complexity index is 739. The lowest BCUT2D eigenvalue weighted by molar-refractivity contribution is 0.306. The average Bonchev–Trinajstić information content (AvgIpc) is 2.62. The number of para-hydroxylation sites is 1. The normalized spacial score (nSPS) is 10.3. The minimum Gasteiger partial charge on any atom is -0.494 e. The number of pyridine rings is 1. The molecule has 3 rings (SSSR count). The minimum absolute atomic E-state index is 0.502. The summed E-state index contributed by atoms with van der Waals surface area (Å²) in [6.45, 7) is 3.16. The molecule has 0 amide bonds. The van der Waals surface area contributed by atoms with E-state index in [9.17, 15) is 0 Å². The summed E-state index contributed by atoms with van der Waals surface area (Å²) in [6, 6.07) is 19.9. The van der Waals surface area contributed by atoms with Crippen molar-refractivity contribution < 1.29 is 9.47 Å². The van der Waals surface area contributed by atoms with Crippen LogP contribution in [0.15, 0.2) is 73.1 Å². The molecule has 0 saturated heterocycles. The minimum atomic E-state index is 0.502. The van der Waals surface area contributed by atoms with Crippen LogP contribution in [-0.2, 0) is 6.61 Å². The van der Waals surface area contributed by atoms with E-state index in [4.69, 9.17) is 9.47 Å². The molecule has 3 nitrogen and oxygen atoms in total. The van der Waals surface area contributed by atoms with E-state index in [2.05, 4.69) is 11.1 Å². The summed E-state index contributed by atoms with van der Waals surface area (Å²) in [5.74, 6) is 1.74. The Morgan fingerprint density at radius 1 is 0.783 bits per heavy atom. The second kappa shape index (κ2) is 7.45. The largest absolute Gasteiger partial charge is 0.494 e. The molecule has 1 aromatic heterocycles. The summed E-state index contributed by atoms with van der Waals surface area (Å²) in [4.78, 5) is 4.32. The van der Waals surface area contributed by atoms with Crippen LogP contribution in [0.5, 0.6) is 11.5 Å². The van der Waals surface area contributed by atoms with Gasteiger partial charge in [0.25, 0.3) is 0 Å². The van der Waals surface area contributed by atoms with Crippen LogP contribution in [0, 0.1) is 0 Å². The molecule has 0 radical (unpaired) electrons. The van der Waals surface area contributed by atoms with Gasteiger partial charge in [0.05, 0.1) is 6.61 Å². The maximum atomic E-state index is 5.77. The fourth-order valence-electron chi connectivity index (χ4n) is 2.32. The molecule has 2 aromatic carbocycles. The molecule has 0 aliphatic rings. The summed E-state index contributed by atoms with van der Waals surface area (Å²) >= 11 is 0. The number of ether oxygens (including phenoxy) is 2. The van der Waals surface area contributed by atoms with Crippen molar-refractivity contribution in [3.05, 3.63) is 78.6 Å². The van der Waals surface area contributed by atoms with E-state index in [0.29, 0.717) is 13.2 Å². The lowest BCUT2D eigenvalue weighted by atomic mass is 10.1. The van der Waals surface area contributed by atoms with E-state index >= 15 is 0 Å². The van der Waals surface area contributed by atoms with Gasteiger partial charge in [-0.3, -0.25) is 4.98 Å². The first kappa shape index (κ1) is 15.1. The Balaban J connectivity index is 1.71. The van der Waals surface area contributed by atoms with Crippen LogP contribution in [0.2, 0.25) is 0 Å². The number of benzene rings is 2. The molecule has 0 atom stereocenters. The quantitative estimate of drug-likeness (QED) is 0.660. The van der Waals surface area contributed by atoms with Gasteiger partial charge < -0.3 is 9.47 Å². The highest BCUT2D eigenvalue weighted by atomic mass is 16.5. The highest BCUT2D eigenvalue weighted by Crippen LogP contribution is 2.23. The van der Waals surface area contributed by atoms with Crippen molar-refractivity contribution >= 4 is 0 Å². The standard InChI is InChI=1S/C20H19NO2/c1-2-22-20-10-8-17(9-11-20)18-12-16(13-21-14-18)15-23-19-6-4-3-5-7-19/h3-14H,2,15H2,1H3. The van der Waals surface area contributed by atoms with Crippen LogP contribution in [-0.4, -0.2) is 11.6 Å². The second-order valence-corrected chi connectivity index (χ2v) is 5.14. The first-order valence-electron chi connectivity index (χ1n) is 7.70. The smallest absolute Gasteiger partial charge is 0.119 e. The van der Waals surface area contributed by atoms with Gasteiger partial charge in [-0.1, -0.05) is 30.3 Å². The molecule has 23 heavy (non-hydrogen) atoms. The highest BCUT2D eigenvalue weighted by Gasteiger charge is 2.02. The summed E-state index contributed by atoms with van der Waals surface area (Å²) in [7, 11) is 0. The Morgan fingerprint density at radius 2 is 1.52 bits per heavy atom. The molecule has 0 aliphatic carbocycles. The summed E-state index contributed by atoms with van der Waals surface area (Å²) in [5.41, 5.74) is 3.23. The van der Waals surface area contributed by atoms with Crippen molar-refractivity contribution in [2.24, 2.45) is 0 Å². The zero-order valence-electron chi connectivity index (χ0n) is 13.1. The van der Waals surface area contributed by atoms with Crippen molar-refractivity contribution in [1.82, 2.24) is 4.98 Å². The molecule has 0 aliphatic heterocycles. The fourth-order valence-corrected chi connectivity index (χ4v) is 2.32. The molecule has 3 heteroatoms. The van der Waals surface area contributed by atoms with Gasteiger partial charge >= 0.3 is 0 Å². The van der Waals surface area contributed by atoms with E-state index < -0.39 is 0 Å². The van der Waals surface area contributed by atoms with E-state index in [1.54, 1.807) is 0 Å². The highest BCUT2D eigenvalue weighted by molar-refractivity contribution is 5.63. The first-order chi connectivity index (χ1) is 11.3. The molecule has 0 spiro atoms. The van der Waals surface area contributed by atoms with Crippen molar-refractivity contribution in [2.75, 3.05) is 6.61 Å². The third kappa shape index (κ3) is 4.10. The monoisotopic (exact) mass is 305 g/mol. The second-order valence-electron chi connectivity index (χ2n) is 5.14. The number of nitrogens with zero attached hydrogens (tertiary/aromatic N) is 1. The summed E-state index contributed by atoms with van der Waals surface area (Å²) in [5, 5.41) is 0. The van der Waals surface area contributed by atoms with Crippen LogP contribution in [0.3, 0.4) is 0 Å². The zero-order chi connectivity index (χ0) is 15.9. The average molecular weight is 305 g/mol. The van der Waals surface area contributed by atoms with Crippen molar-refractivity contribution in [3.8, 4) is 22.6 Å². The van der Waals surface area contributed by atoms with Crippen molar-refractivity contribution in [1.29, 1.82) is 0 Å². The van der Waals surface area contributed by atoms with E-state index in [0.717, 1.165) is 28.2 Å². The number of aromatic nitrogens is 1. The van der Waals surface area contributed by atoms with E-state index in [1.165, 1.54) is 0 Å². The van der Waals surface area contributed by atoms with Crippen LogP contribution < -0.4 is 9.47 Å². The Labute approximate surface area is 136 Å². The molecule has 0 unspecified atom stereocenters. The maximum Gasteiger partial charge on any atom is 0.119 e. The van der Waals surface area contributed by atoms with E-state index in [1.807, 2.05) is 73.9 Å². The van der Waals surface area contributed by atoms with Crippen LogP contribution in [0.25, 0.3) is 11.1 Å². The van der Waals surface area contributed by atoms with Gasteiger partial charge in [0.15, 0.2) is 0 Å². The van der Waals surface area contributed by atoms with Crippen molar-refractivity contribution in [3.63, 3.8) is 0 Å². The topological polar surface area (TPSA) is 31.4 Å². The molecular formula is C20H19NO2. The number of rotatable bonds is 6. The van der Waals surface area contributed by atoms with Gasteiger partial charge in [-0.15, -0.1) is 0 Å². The van der Waals surface area contributed by atoms with Gasteiger partial charge in [0, 0.05) is 23.5 Å². The molecule has 0 N–H and O–H groups in total. The predicted molar refractivity (Wildman–Crippen MR) is 91.6 cm³/mol. The van der Waals surface area contributed by atoms with E-state index in [-0.39, 0.29) is 0 Å². The summed E-state index contributed by atoms with van der Waals surface area (Å²) < 4.78 is 11.2. The van der Waals surface area contributed by atoms with Gasteiger partial charge in [-0.25, -0.2) is 0 Å².